The number of fused-ring (bicyclic) bond motifs is 1. The first-order valence-electron chi connectivity index (χ1n) is 9.72. The zero-order chi connectivity index (χ0) is 19.6. The van der Waals surface area contributed by atoms with Crippen LogP contribution in [-0.4, -0.2) is 49.6 Å². The highest BCUT2D eigenvalue weighted by molar-refractivity contribution is 14.0. The number of halogens is 1. The highest BCUT2D eigenvalue weighted by Gasteiger charge is 2.24. The van der Waals surface area contributed by atoms with Crippen LogP contribution in [0.5, 0.6) is 5.75 Å². The number of rotatable bonds is 8. The molecule has 1 aromatic carbocycles. The first kappa shape index (κ1) is 22.9. The van der Waals surface area contributed by atoms with Crippen LogP contribution in [0, 0.1) is 0 Å². The van der Waals surface area contributed by atoms with Crippen LogP contribution in [0.3, 0.4) is 0 Å². The number of ether oxygens (including phenoxy) is 1. The number of hydrogen-bond donors (Lipinski definition) is 2. The topological polar surface area (TPSA) is 78.9 Å². The van der Waals surface area contributed by atoms with Crippen molar-refractivity contribution in [3.63, 3.8) is 0 Å². The van der Waals surface area contributed by atoms with Crippen molar-refractivity contribution in [3.8, 4) is 5.75 Å². The molecule has 8 heteroatoms. The summed E-state index contributed by atoms with van der Waals surface area (Å²) in [5, 5.41) is 6.58. The molecule has 0 atom stereocenters. The lowest BCUT2D eigenvalue weighted by atomic mass is 10.2. The van der Waals surface area contributed by atoms with E-state index in [0.29, 0.717) is 13.1 Å². The largest absolute Gasteiger partial charge is 0.482 e. The van der Waals surface area contributed by atoms with Crippen molar-refractivity contribution in [2.45, 2.75) is 19.8 Å². The van der Waals surface area contributed by atoms with Crippen LogP contribution in [0.15, 0.2) is 53.7 Å². The van der Waals surface area contributed by atoms with E-state index < -0.39 is 0 Å². The van der Waals surface area contributed by atoms with Crippen LogP contribution in [0.25, 0.3) is 0 Å². The Hall–Kier alpha value is -2.36. The Kier molecular flexibility index (Phi) is 9.69. The summed E-state index contributed by atoms with van der Waals surface area (Å²) < 4.78 is 5.48. The molecule has 3 rings (SSSR count). The number of nitrogens with one attached hydrogen (secondary N) is 2. The fraction of sp³-hybridized carbons (Fsp3) is 0.381. The van der Waals surface area contributed by atoms with E-state index in [1.165, 1.54) is 0 Å². The number of amides is 1. The molecule has 1 aliphatic heterocycles. The van der Waals surface area contributed by atoms with Gasteiger partial charge in [-0.1, -0.05) is 18.2 Å². The minimum Gasteiger partial charge on any atom is -0.482 e. The molecule has 1 amide bonds. The Labute approximate surface area is 189 Å². The van der Waals surface area contributed by atoms with Gasteiger partial charge < -0.3 is 20.3 Å². The summed E-state index contributed by atoms with van der Waals surface area (Å²) in [7, 11) is 0. The molecule has 0 saturated carbocycles. The summed E-state index contributed by atoms with van der Waals surface area (Å²) in [6.07, 6.45) is 3.42. The maximum atomic E-state index is 12.2. The van der Waals surface area contributed by atoms with Crippen molar-refractivity contribution in [2.75, 3.05) is 37.7 Å². The van der Waals surface area contributed by atoms with E-state index in [9.17, 15) is 4.79 Å². The number of aliphatic imine (C=N–C) groups is 1. The SMILES string of the molecule is CCNC(=NCCCN1C(=O)COc2ccccc21)NCCc1ccccn1.I. The van der Waals surface area contributed by atoms with Crippen molar-refractivity contribution < 1.29 is 9.53 Å². The molecule has 0 radical (unpaired) electrons. The minimum atomic E-state index is -0.0110. The fourth-order valence-corrected chi connectivity index (χ4v) is 3.02. The quantitative estimate of drug-likeness (QED) is 0.248. The molecule has 0 saturated heterocycles. The third-order valence-corrected chi connectivity index (χ3v) is 4.36. The summed E-state index contributed by atoms with van der Waals surface area (Å²) in [5.41, 5.74) is 1.89. The number of anilines is 1. The van der Waals surface area contributed by atoms with Gasteiger partial charge in [-0.05, 0) is 37.6 Å². The average molecular weight is 509 g/mol. The van der Waals surface area contributed by atoms with Gasteiger partial charge >= 0.3 is 0 Å². The number of para-hydroxylation sites is 2. The third-order valence-electron chi connectivity index (χ3n) is 4.36. The van der Waals surface area contributed by atoms with Crippen LogP contribution in [0.4, 0.5) is 5.69 Å². The average Bonchev–Trinajstić information content (AvgIpc) is 2.73. The van der Waals surface area contributed by atoms with Crippen molar-refractivity contribution in [2.24, 2.45) is 4.99 Å². The van der Waals surface area contributed by atoms with Crippen molar-refractivity contribution in [1.82, 2.24) is 15.6 Å². The second-order valence-electron chi connectivity index (χ2n) is 6.41. The van der Waals surface area contributed by atoms with Crippen molar-refractivity contribution >= 4 is 41.5 Å². The highest BCUT2D eigenvalue weighted by atomic mass is 127. The second-order valence-corrected chi connectivity index (χ2v) is 6.41. The van der Waals surface area contributed by atoms with Gasteiger partial charge in [0.15, 0.2) is 12.6 Å². The monoisotopic (exact) mass is 509 g/mol. The number of nitrogens with zero attached hydrogens (tertiary/aromatic N) is 3. The molecule has 156 valence electrons. The highest BCUT2D eigenvalue weighted by Crippen LogP contribution is 2.31. The molecule has 2 N–H and O–H groups in total. The van der Waals surface area contributed by atoms with E-state index in [1.807, 2.05) is 49.4 Å². The number of hydrogen-bond acceptors (Lipinski definition) is 4. The van der Waals surface area contributed by atoms with Crippen molar-refractivity contribution in [1.29, 1.82) is 0 Å². The standard InChI is InChI=1S/C21H27N5O2.HI/c1-2-22-21(25-14-11-17-8-5-6-12-23-17)24-13-7-15-26-18-9-3-4-10-19(18)28-16-20(26)27;/h3-6,8-10,12H,2,7,11,13-16H2,1H3,(H2,22,24,25);1H. The lowest BCUT2D eigenvalue weighted by molar-refractivity contribution is -0.121. The van der Waals surface area contributed by atoms with Gasteiger partial charge in [-0.25, -0.2) is 0 Å². The van der Waals surface area contributed by atoms with Gasteiger partial charge in [-0.2, -0.15) is 0 Å². The molecule has 0 spiro atoms. The molecule has 1 aromatic heterocycles. The number of carbonyl (C=O) groups is 1. The van der Waals surface area contributed by atoms with Gasteiger partial charge in [0.05, 0.1) is 5.69 Å². The Bertz CT molecular complexity index is 801. The molecule has 0 fully saturated rings. The van der Waals surface area contributed by atoms with E-state index in [2.05, 4.69) is 20.6 Å². The molecule has 29 heavy (non-hydrogen) atoms. The Morgan fingerprint density at radius 3 is 2.83 bits per heavy atom. The van der Waals surface area contributed by atoms with Gasteiger partial charge in [-0.15, -0.1) is 24.0 Å². The van der Waals surface area contributed by atoms with Crippen LogP contribution >= 0.6 is 24.0 Å². The number of aromatic nitrogens is 1. The van der Waals surface area contributed by atoms with Crippen LogP contribution in [0.2, 0.25) is 0 Å². The second kappa shape index (κ2) is 12.3. The maximum absolute atomic E-state index is 12.2. The molecule has 1 aliphatic rings. The number of carbonyl (C=O) groups excluding carboxylic acids is 1. The number of guanidine groups is 1. The molecular weight excluding hydrogens is 481 g/mol. The molecule has 2 aromatic rings. The van der Waals surface area contributed by atoms with E-state index in [-0.39, 0.29) is 36.5 Å². The van der Waals surface area contributed by atoms with Crippen LogP contribution in [-0.2, 0) is 11.2 Å². The normalized spacial score (nSPS) is 13.2. The smallest absolute Gasteiger partial charge is 0.265 e. The van der Waals surface area contributed by atoms with Gasteiger partial charge in [0.2, 0.25) is 0 Å². The summed E-state index contributed by atoms with van der Waals surface area (Å²) in [5.74, 6) is 1.53. The van der Waals surface area contributed by atoms with E-state index in [0.717, 1.165) is 49.0 Å². The summed E-state index contributed by atoms with van der Waals surface area (Å²) >= 11 is 0. The van der Waals surface area contributed by atoms with Crippen LogP contribution in [0.1, 0.15) is 19.0 Å². The summed E-state index contributed by atoms with van der Waals surface area (Å²) in [6.45, 7) is 4.95. The van der Waals surface area contributed by atoms with Gasteiger partial charge in [0, 0.05) is 44.5 Å². The minimum absolute atomic E-state index is 0. The molecule has 0 bridgehead atoms. The summed E-state index contributed by atoms with van der Waals surface area (Å²) in [4.78, 5) is 22.9. The molecular formula is C21H28IN5O2. The van der Waals surface area contributed by atoms with E-state index in [4.69, 9.17) is 4.74 Å². The summed E-state index contributed by atoms with van der Waals surface area (Å²) in [6, 6.07) is 13.6. The van der Waals surface area contributed by atoms with Gasteiger partial charge in [-0.3, -0.25) is 14.8 Å². The first-order chi connectivity index (χ1) is 13.8. The third kappa shape index (κ3) is 6.88. The molecule has 0 aliphatic carbocycles. The Morgan fingerprint density at radius 1 is 1.21 bits per heavy atom. The predicted octanol–water partition coefficient (Wildman–Crippen LogP) is 2.61. The van der Waals surface area contributed by atoms with Crippen LogP contribution < -0.4 is 20.3 Å². The first-order valence-corrected chi connectivity index (χ1v) is 9.72. The lowest BCUT2D eigenvalue weighted by Gasteiger charge is -2.29. The maximum Gasteiger partial charge on any atom is 0.265 e. The molecule has 7 nitrogen and oxygen atoms in total. The van der Waals surface area contributed by atoms with Crippen molar-refractivity contribution in [3.05, 3.63) is 54.4 Å². The fourth-order valence-electron chi connectivity index (χ4n) is 3.02. The van der Waals surface area contributed by atoms with Gasteiger partial charge in [0.25, 0.3) is 5.91 Å². The molecule has 0 unspecified atom stereocenters. The van der Waals surface area contributed by atoms with E-state index >= 15 is 0 Å². The van der Waals surface area contributed by atoms with Gasteiger partial charge in [0.1, 0.15) is 5.75 Å². The molecule has 2 heterocycles. The Morgan fingerprint density at radius 2 is 2.03 bits per heavy atom. The Balaban J connectivity index is 0.00000300. The zero-order valence-electron chi connectivity index (χ0n) is 16.6. The lowest BCUT2D eigenvalue weighted by Crippen LogP contribution is -2.40. The number of benzene rings is 1. The van der Waals surface area contributed by atoms with E-state index in [1.54, 1.807) is 11.1 Å². The number of pyridine rings is 1. The zero-order valence-corrected chi connectivity index (χ0v) is 19.0. The predicted molar refractivity (Wildman–Crippen MR) is 126 cm³/mol.